The predicted octanol–water partition coefficient (Wildman–Crippen LogP) is 1.16. The Labute approximate surface area is 101 Å². The van der Waals surface area contributed by atoms with Gasteiger partial charge in [0.05, 0.1) is 27.7 Å². The third-order valence-corrected chi connectivity index (χ3v) is 3.19. The monoisotopic (exact) mass is 228 g/mol. The molecule has 0 amide bonds. The van der Waals surface area contributed by atoms with Crippen molar-refractivity contribution < 1.29 is 4.48 Å². The molecule has 0 radical (unpaired) electrons. The van der Waals surface area contributed by atoms with E-state index >= 15 is 0 Å². The molecule has 1 fully saturated rings. The summed E-state index contributed by atoms with van der Waals surface area (Å²) in [4.78, 5) is 2.64. The Morgan fingerprint density at radius 2 is 1.81 bits per heavy atom. The number of nitrogens with one attached hydrogen (secondary N) is 1. The number of hydrogen-bond acceptors (Lipinski definition) is 2. The summed E-state index contributed by atoms with van der Waals surface area (Å²) >= 11 is 0. The molecule has 0 aromatic rings. The second-order valence-electron chi connectivity index (χ2n) is 6.33. The van der Waals surface area contributed by atoms with Crippen LogP contribution in [0.1, 0.15) is 26.7 Å². The van der Waals surface area contributed by atoms with E-state index in [1.807, 2.05) is 0 Å². The van der Waals surface area contributed by atoms with Crippen molar-refractivity contribution in [1.29, 1.82) is 0 Å². The summed E-state index contributed by atoms with van der Waals surface area (Å²) in [7, 11) is 6.73. The van der Waals surface area contributed by atoms with Gasteiger partial charge in [0, 0.05) is 31.7 Å². The molecule has 0 aromatic carbocycles. The van der Waals surface area contributed by atoms with Crippen LogP contribution in [0.15, 0.2) is 0 Å². The zero-order valence-corrected chi connectivity index (χ0v) is 11.8. The molecule has 1 N–H and O–H groups in total. The minimum absolute atomic E-state index is 0.702. The van der Waals surface area contributed by atoms with Crippen LogP contribution in [0.25, 0.3) is 0 Å². The quantitative estimate of drug-likeness (QED) is 0.495. The average molecular weight is 228 g/mol. The van der Waals surface area contributed by atoms with Crippen molar-refractivity contribution in [2.45, 2.75) is 38.8 Å². The van der Waals surface area contributed by atoms with Crippen LogP contribution in [0.3, 0.4) is 0 Å². The minimum Gasteiger partial charge on any atom is -0.330 e. The Balaban J connectivity index is 2.05. The molecule has 3 heteroatoms. The van der Waals surface area contributed by atoms with Crippen molar-refractivity contribution in [3.63, 3.8) is 0 Å². The largest absolute Gasteiger partial charge is 0.330 e. The smallest absolute Gasteiger partial charge is 0.0907 e. The van der Waals surface area contributed by atoms with Crippen LogP contribution in [0.4, 0.5) is 0 Å². The van der Waals surface area contributed by atoms with Crippen molar-refractivity contribution in [2.75, 3.05) is 47.3 Å². The number of nitrogens with zero attached hydrogens (tertiary/aromatic N) is 2. The van der Waals surface area contributed by atoms with E-state index in [-0.39, 0.29) is 0 Å². The lowest BCUT2D eigenvalue weighted by Crippen LogP contribution is -2.43. The number of hydrogen-bond donors (Lipinski definition) is 1. The highest BCUT2D eigenvalue weighted by Crippen LogP contribution is 2.27. The van der Waals surface area contributed by atoms with Gasteiger partial charge in [-0.1, -0.05) is 0 Å². The van der Waals surface area contributed by atoms with Crippen LogP contribution in [-0.4, -0.2) is 68.8 Å². The molecule has 0 heterocycles. The van der Waals surface area contributed by atoms with E-state index < -0.39 is 0 Å². The van der Waals surface area contributed by atoms with Gasteiger partial charge in [0.15, 0.2) is 0 Å². The Kier molecular flexibility index (Phi) is 5.22. The molecule has 0 atom stereocenters. The first-order valence-electron chi connectivity index (χ1n) is 6.67. The summed E-state index contributed by atoms with van der Waals surface area (Å²) in [5.41, 5.74) is 0. The maximum atomic E-state index is 3.55. The van der Waals surface area contributed by atoms with Crippen molar-refractivity contribution in [1.82, 2.24) is 10.2 Å². The standard InChI is InChI=1S/C13H30N3/c1-12(2)15(13-6-7-13)10-8-14-9-11-16(3,4)5/h12-14H,6-11H2,1-5H3/q+1. The zero-order valence-electron chi connectivity index (χ0n) is 11.8. The van der Waals surface area contributed by atoms with Crippen LogP contribution in [-0.2, 0) is 0 Å². The Bertz CT molecular complexity index is 190. The summed E-state index contributed by atoms with van der Waals surface area (Å²) < 4.78 is 1.05. The molecule has 0 aromatic heterocycles. The van der Waals surface area contributed by atoms with Gasteiger partial charge in [-0.25, -0.2) is 0 Å². The lowest BCUT2D eigenvalue weighted by Gasteiger charge is -2.27. The first-order chi connectivity index (χ1) is 7.40. The van der Waals surface area contributed by atoms with E-state index in [0.717, 1.165) is 23.6 Å². The molecule has 1 rings (SSSR count). The summed E-state index contributed by atoms with van der Waals surface area (Å²) in [6, 6.07) is 1.59. The minimum atomic E-state index is 0.702. The Morgan fingerprint density at radius 1 is 1.19 bits per heavy atom. The molecule has 0 aliphatic heterocycles. The first-order valence-corrected chi connectivity index (χ1v) is 6.67. The summed E-state index contributed by atoms with van der Waals surface area (Å²) in [5.74, 6) is 0. The SMILES string of the molecule is CC(C)N(CCNCC[N+](C)(C)C)C1CC1. The molecule has 96 valence electrons. The number of rotatable bonds is 8. The third-order valence-electron chi connectivity index (χ3n) is 3.19. The van der Waals surface area contributed by atoms with Gasteiger partial charge < -0.3 is 9.80 Å². The average Bonchev–Trinajstić information content (AvgIpc) is 2.91. The van der Waals surface area contributed by atoms with Gasteiger partial charge >= 0.3 is 0 Å². The highest BCUT2D eigenvalue weighted by molar-refractivity contribution is 4.86. The van der Waals surface area contributed by atoms with Gasteiger partial charge in [-0.2, -0.15) is 0 Å². The van der Waals surface area contributed by atoms with Gasteiger partial charge in [-0.3, -0.25) is 4.90 Å². The van der Waals surface area contributed by atoms with Gasteiger partial charge in [0.2, 0.25) is 0 Å². The van der Waals surface area contributed by atoms with Gasteiger partial charge in [-0.05, 0) is 26.7 Å². The van der Waals surface area contributed by atoms with Crippen LogP contribution >= 0.6 is 0 Å². The molecule has 1 aliphatic rings. The summed E-state index contributed by atoms with van der Waals surface area (Å²) in [6.45, 7) is 9.29. The molecule has 16 heavy (non-hydrogen) atoms. The number of quaternary nitrogens is 1. The van der Waals surface area contributed by atoms with Crippen molar-refractivity contribution in [3.8, 4) is 0 Å². The van der Waals surface area contributed by atoms with Gasteiger partial charge in [-0.15, -0.1) is 0 Å². The van der Waals surface area contributed by atoms with Gasteiger partial charge in [0.25, 0.3) is 0 Å². The fourth-order valence-electron chi connectivity index (χ4n) is 2.02. The molecular formula is C13H30N3+. The van der Waals surface area contributed by atoms with Crippen LogP contribution in [0.2, 0.25) is 0 Å². The zero-order chi connectivity index (χ0) is 12.2. The van der Waals surface area contributed by atoms with Gasteiger partial charge in [0.1, 0.15) is 0 Å². The van der Waals surface area contributed by atoms with Crippen molar-refractivity contribution in [2.24, 2.45) is 0 Å². The second kappa shape index (κ2) is 5.99. The maximum Gasteiger partial charge on any atom is 0.0907 e. The van der Waals surface area contributed by atoms with Crippen LogP contribution < -0.4 is 5.32 Å². The van der Waals surface area contributed by atoms with E-state index in [9.17, 15) is 0 Å². The molecule has 1 saturated carbocycles. The highest BCUT2D eigenvalue weighted by atomic mass is 15.3. The third kappa shape index (κ3) is 5.83. The molecule has 3 nitrogen and oxygen atoms in total. The summed E-state index contributed by atoms with van der Waals surface area (Å²) in [6.07, 6.45) is 2.83. The van der Waals surface area contributed by atoms with E-state index in [4.69, 9.17) is 0 Å². The molecule has 0 unspecified atom stereocenters. The van der Waals surface area contributed by atoms with E-state index in [0.29, 0.717) is 6.04 Å². The lowest BCUT2D eigenvalue weighted by atomic mass is 10.3. The Hall–Kier alpha value is -0.120. The lowest BCUT2D eigenvalue weighted by molar-refractivity contribution is -0.869. The topological polar surface area (TPSA) is 15.3 Å². The van der Waals surface area contributed by atoms with E-state index in [2.05, 4.69) is 45.2 Å². The molecule has 0 spiro atoms. The Morgan fingerprint density at radius 3 is 2.25 bits per heavy atom. The summed E-state index contributed by atoms with van der Waals surface area (Å²) in [5, 5.41) is 3.55. The molecule has 0 bridgehead atoms. The number of likely N-dealkylation sites (N-methyl/N-ethyl adjacent to an activating group) is 1. The highest BCUT2D eigenvalue weighted by Gasteiger charge is 2.29. The van der Waals surface area contributed by atoms with Crippen molar-refractivity contribution >= 4 is 0 Å². The fraction of sp³-hybridized carbons (Fsp3) is 1.00. The molecule has 0 saturated heterocycles. The molecule has 1 aliphatic carbocycles. The normalized spacial score (nSPS) is 17.4. The second-order valence-corrected chi connectivity index (χ2v) is 6.33. The van der Waals surface area contributed by atoms with Crippen molar-refractivity contribution in [3.05, 3.63) is 0 Å². The fourth-order valence-corrected chi connectivity index (χ4v) is 2.02. The predicted molar refractivity (Wildman–Crippen MR) is 70.6 cm³/mol. The van der Waals surface area contributed by atoms with E-state index in [1.54, 1.807) is 0 Å². The maximum absolute atomic E-state index is 3.55. The first kappa shape index (κ1) is 13.9. The van der Waals surface area contributed by atoms with Crippen LogP contribution in [0, 0.1) is 0 Å². The van der Waals surface area contributed by atoms with E-state index in [1.165, 1.54) is 25.9 Å². The van der Waals surface area contributed by atoms with Crippen LogP contribution in [0.5, 0.6) is 0 Å². The molecular weight excluding hydrogens is 198 g/mol.